The molecule has 2 rings (SSSR count). The monoisotopic (exact) mass is 277 g/mol. The van der Waals surface area contributed by atoms with E-state index >= 15 is 0 Å². The largest absolute Gasteiger partial charge is 0.458 e. The Morgan fingerprint density at radius 2 is 1.90 bits per heavy atom. The number of hydrogen-bond donors (Lipinski definition) is 1. The van der Waals surface area contributed by atoms with Crippen LogP contribution < -0.4 is 5.32 Å². The van der Waals surface area contributed by atoms with E-state index in [1.807, 2.05) is 0 Å². The van der Waals surface area contributed by atoms with Crippen molar-refractivity contribution in [3.63, 3.8) is 0 Å². The molecule has 1 aliphatic rings. The molecule has 1 saturated heterocycles. The summed E-state index contributed by atoms with van der Waals surface area (Å²) in [5.41, 5.74) is 0.406. The first kappa shape index (κ1) is 14.0. The van der Waals surface area contributed by atoms with E-state index < -0.39 is 30.2 Å². The number of amides is 1. The van der Waals surface area contributed by atoms with Gasteiger partial charge < -0.3 is 14.8 Å². The molecule has 1 unspecified atom stereocenters. The van der Waals surface area contributed by atoms with Crippen LogP contribution in [0.25, 0.3) is 0 Å². The highest BCUT2D eigenvalue weighted by Crippen LogP contribution is 2.23. The van der Waals surface area contributed by atoms with Gasteiger partial charge in [-0.25, -0.2) is 4.79 Å². The molecule has 1 aliphatic heterocycles. The topological polar surface area (TPSA) is 81.7 Å². The molecule has 3 atom stereocenters. The van der Waals surface area contributed by atoms with Gasteiger partial charge in [-0.2, -0.15) is 0 Å². The van der Waals surface area contributed by atoms with Crippen LogP contribution in [0.15, 0.2) is 30.3 Å². The van der Waals surface area contributed by atoms with Crippen molar-refractivity contribution in [3.05, 3.63) is 35.9 Å². The van der Waals surface area contributed by atoms with Crippen LogP contribution in [0.4, 0.5) is 0 Å². The summed E-state index contributed by atoms with van der Waals surface area (Å²) in [6, 6.07) is 8.48. The quantitative estimate of drug-likeness (QED) is 0.652. The van der Waals surface area contributed by atoms with Crippen molar-refractivity contribution < 1.29 is 23.9 Å². The maximum absolute atomic E-state index is 11.9. The van der Waals surface area contributed by atoms with E-state index in [0.29, 0.717) is 5.56 Å². The van der Waals surface area contributed by atoms with Crippen molar-refractivity contribution in [1.82, 2.24) is 5.32 Å². The van der Waals surface area contributed by atoms with Crippen LogP contribution in [-0.2, 0) is 19.1 Å². The van der Waals surface area contributed by atoms with Crippen LogP contribution >= 0.6 is 0 Å². The minimum absolute atomic E-state index is 0.301. The maximum atomic E-state index is 11.9. The standard InChI is InChI=1S/C14H15NO5/c1-8(11-12(17)15-13(11)20-9(2)16)19-14(18)10-6-4-3-5-7-10/h3-8,11,13H,1-2H3,(H,15,17)/t8?,11-,13+/m0/s1. The summed E-state index contributed by atoms with van der Waals surface area (Å²) in [6.07, 6.45) is -1.42. The lowest BCUT2D eigenvalue weighted by Crippen LogP contribution is -2.63. The third kappa shape index (κ3) is 2.96. The van der Waals surface area contributed by atoms with E-state index in [4.69, 9.17) is 9.47 Å². The fraction of sp³-hybridized carbons (Fsp3) is 0.357. The minimum atomic E-state index is -0.737. The SMILES string of the molecule is CC(=O)O[C@H]1NC(=O)[C@@H]1C(C)OC(=O)c1ccccc1. The van der Waals surface area contributed by atoms with E-state index in [9.17, 15) is 14.4 Å². The Balaban J connectivity index is 1.97. The van der Waals surface area contributed by atoms with Crippen molar-refractivity contribution in [2.24, 2.45) is 5.92 Å². The summed E-state index contributed by atoms with van der Waals surface area (Å²) >= 11 is 0. The van der Waals surface area contributed by atoms with Crippen molar-refractivity contribution in [2.75, 3.05) is 0 Å². The second-order valence-electron chi connectivity index (χ2n) is 4.54. The Kier molecular flexibility index (Phi) is 4.02. The van der Waals surface area contributed by atoms with Gasteiger partial charge in [-0.05, 0) is 19.1 Å². The molecular formula is C14H15NO5. The summed E-state index contributed by atoms with van der Waals surface area (Å²) in [6.45, 7) is 2.85. The smallest absolute Gasteiger partial charge is 0.338 e. The first-order valence-corrected chi connectivity index (χ1v) is 6.22. The Hall–Kier alpha value is -2.37. The van der Waals surface area contributed by atoms with Crippen LogP contribution in [-0.4, -0.2) is 30.2 Å². The zero-order valence-corrected chi connectivity index (χ0v) is 11.2. The van der Waals surface area contributed by atoms with Gasteiger partial charge in [0.2, 0.25) is 5.91 Å². The Labute approximate surface area is 116 Å². The molecule has 1 aromatic rings. The van der Waals surface area contributed by atoms with Crippen molar-refractivity contribution in [3.8, 4) is 0 Å². The van der Waals surface area contributed by atoms with Gasteiger partial charge in [0.05, 0.1) is 5.56 Å². The molecule has 1 heterocycles. The highest BCUT2D eigenvalue weighted by atomic mass is 16.6. The van der Waals surface area contributed by atoms with Gasteiger partial charge >= 0.3 is 11.9 Å². The van der Waals surface area contributed by atoms with Crippen LogP contribution in [0.1, 0.15) is 24.2 Å². The number of esters is 2. The predicted molar refractivity (Wildman–Crippen MR) is 68.5 cm³/mol. The van der Waals surface area contributed by atoms with Crippen molar-refractivity contribution >= 4 is 17.8 Å². The lowest BCUT2D eigenvalue weighted by molar-refractivity contribution is -0.173. The molecule has 1 amide bonds. The highest BCUT2D eigenvalue weighted by molar-refractivity contribution is 5.90. The van der Waals surface area contributed by atoms with E-state index in [2.05, 4.69) is 5.32 Å². The normalized spacial score (nSPS) is 22.2. The summed E-state index contributed by atoms with van der Waals surface area (Å²) in [4.78, 5) is 34.2. The molecule has 0 spiro atoms. The number of hydrogen-bond acceptors (Lipinski definition) is 5. The fourth-order valence-corrected chi connectivity index (χ4v) is 1.99. The Morgan fingerprint density at radius 1 is 1.25 bits per heavy atom. The molecule has 0 aromatic heterocycles. The summed E-state index contributed by atoms with van der Waals surface area (Å²) in [5, 5.41) is 2.44. The molecule has 0 bridgehead atoms. The number of nitrogens with one attached hydrogen (secondary N) is 1. The molecule has 0 saturated carbocycles. The van der Waals surface area contributed by atoms with Crippen LogP contribution in [0.5, 0.6) is 0 Å². The molecular weight excluding hydrogens is 262 g/mol. The Bertz CT molecular complexity index is 528. The third-order valence-electron chi connectivity index (χ3n) is 3.01. The molecule has 6 heteroatoms. The van der Waals surface area contributed by atoms with Gasteiger partial charge in [0, 0.05) is 6.92 Å². The number of rotatable bonds is 4. The van der Waals surface area contributed by atoms with E-state index in [-0.39, 0.29) is 5.91 Å². The average Bonchev–Trinajstić information content (AvgIpc) is 2.38. The fourth-order valence-electron chi connectivity index (χ4n) is 1.99. The second-order valence-corrected chi connectivity index (χ2v) is 4.54. The zero-order valence-electron chi connectivity index (χ0n) is 11.2. The number of ether oxygens (including phenoxy) is 2. The van der Waals surface area contributed by atoms with Crippen LogP contribution in [0.3, 0.4) is 0 Å². The molecule has 1 aromatic carbocycles. The van der Waals surface area contributed by atoms with E-state index in [1.165, 1.54) is 6.92 Å². The molecule has 1 fully saturated rings. The minimum Gasteiger partial charge on any atom is -0.458 e. The molecule has 20 heavy (non-hydrogen) atoms. The summed E-state index contributed by atoms with van der Waals surface area (Å²) < 4.78 is 10.1. The molecule has 106 valence electrons. The first-order valence-electron chi connectivity index (χ1n) is 6.22. The lowest BCUT2D eigenvalue weighted by atomic mass is 9.93. The number of carbonyl (C=O) groups excluding carboxylic acids is 3. The predicted octanol–water partition coefficient (Wildman–Crippen LogP) is 0.867. The lowest BCUT2D eigenvalue weighted by Gasteiger charge is -2.38. The first-order chi connectivity index (χ1) is 9.49. The highest BCUT2D eigenvalue weighted by Gasteiger charge is 2.47. The van der Waals surface area contributed by atoms with Crippen LogP contribution in [0.2, 0.25) is 0 Å². The number of β-lactam (4-membered cyclic amide) rings is 1. The molecule has 0 radical (unpaired) electrons. The van der Waals surface area contributed by atoms with Gasteiger partial charge in [0.15, 0.2) is 6.23 Å². The van der Waals surface area contributed by atoms with Crippen molar-refractivity contribution in [1.29, 1.82) is 0 Å². The van der Waals surface area contributed by atoms with Crippen molar-refractivity contribution in [2.45, 2.75) is 26.2 Å². The maximum Gasteiger partial charge on any atom is 0.338 e. The number of carbonyl (C=O) groups is 3. The summed E-state index contributed by atoms with van der Waals surface area (Å²) in [7, 11) is 0. The van der Waals surface area contributed by atoms with E-state index in [0.717, 1.165) is 0 Å². The molecule has 6 nitrogen and oxygen atoms in total. The average molecular weight is 277 g/mol. The van der Waals surface area contributed by atoms with Gasteiger partial charge in [0.1, 0.15) is 12.0 Å². The van der Waals surface area contributed by atoms with Gasteiger partial charge in [-0.3, -0.25) is 9.59 Å². The third-order valence-corrected chi connectivity index (χ3v) is 3.01. The van der Waals surface area contributed by atoms with Gasteiger partial charge in [-0.1, -0.05) is 18.2 Å². The summed E-state index contributed by atoms with van der Waals surface area (Å²) in [5.74, 6) is -1.99. The zero-order chi connectivity index (χ0) is 14.7. The van der Waals surface area contributed by atoms with E-state index in [1.54, 1.807) is 37.3 Å². The number of benzene rings is 1. The Morgan fingerprint density at radius 3 is 2.45 bits per heavy atom. The van der Waals surface area contributed by atoms with Gasteiger partial charge in [-0.15, -0.1) is 0 Å². The van der Waals surface area contributed by atoms with Crippen LogP contribution in [0, 0.1) is 5.92 Å². The second kappa shape index (κ2) is 5.73. The molecule has 1 N–H and O–H groups in total. The molecule has 0 aliphatic carbocycles. The van der Waals surface area contributed by atoms with Gasteiger partial charge in [0.25, 0.3) is 0 Å².